The Morgan fingerprint density at radius 1 is 1.11 bits per heavy atom. The summed E-state index contributed by atoms with van der Waals surface area (Å²) in [6.07, 6.45) is 3.90. The van der Waals surface area contributed by atoms with Crippen molar-refractivity contribution in [1.82, 2.24) is 5.32 Å². The van der Waals surface area contributed by atoms with Crippen LogP contribution >= 0.6 is 0 Å². The molecule has 1 saturated carbocycles. The summed E-state index contributed by atoms with van der Waals surface area (Å²) in [6.45, 7) is 1.49. The zero-order valence-electron chi connectivity index (χ0n) is 10.6. The highest BCUT2D eigenvalue weighted by atomic mass is 16.5. The second kappa shape index (κ2) is 5.39. The molecule has 3 nitrogen and oxygen atoms in total. The van der Waals surface area contributed by atoms with E-state index in [2.05, 4.69) is 29.6 Å². The van der Waals surface area contributed by atoms with Crippen LogP contribution in [-0.2, 0) is 11.3 Å². The van der Waals surface area contributed by atoms with Gasteiger partial charge in [-0.15, -0.1) is 0 Å². The number of benzene rings is 1. The lowest BCUT2D eigenvalue weighted by molar-refractivity contribution is 0.0685. The molecule has 0 aromatic heterocycles. The van der Waals surface area contributed by atoms with Gasteiger partial charge >= 0.3 is 0 Å². The summed E-state index contributed by atoms with van der Waals surface area (Å²) in [6, 6.07) is 9.36. The highest BCUT2D eigenvalue weighted by Gasteiger charge is 2.25. The highest BCUT2D eigenvalue weighted by Crippen LogP contribution is 2.27. The van der Waals surface area contributed by atoms with Crippen molar-refractivity contribution in [2.75, 3.05) is 6.61 Å². The van der Waals surface area contributed by atoms with Gasteiger partial charge in [-0.25, -0.2) is 0 Å². The van der Waals surface area contributed by atoms with E-state index in [9.17, 15) is 5.11 Å². The fourth-order valence-electron chi connectivity index (χ4n) is 3.05. The van der Waals surface area contributed by atoms with Crippen molar-refractivity contribution in [2.45, 2.75) is 50.5 Å². The van der Waals surface area contributed by atoms with Crippen LogP contribution in [0.1, 0.15) is 42.9 Å². The van der Waals surface area contributed by atoms with Crippen LogP contribution in [0.5, 0.6) is 0 Å². The van der Waals surface area contributed by atoms with Gasteiger partial charge in [-0.05, 0) is 36.8 Å². The van der Waals surface area contributed by atoms with Crippen molar-refractivity contribution in [3.05, 3.63) is 35.4 Å². The number of aliphatic hydroxyl groups is 1. The number of hydrogen-bond donors (Lipinski definition) is 2. The minimum Gasteiger partial charge on any atom is -0.393 e. The van der Waals surface area contributed by atoms with Crippen LogP contribution in [0.15, 0.2) is 24.3 Å². The van der Waals surface area contributed by atoms with Crippen molar-refractivity contribution in [2.24, 2.45) is 0 Å². The molecule has 1 fully saturated rings. The number of nitrogens with one attached hydrogen (secondary N) is 1. The third-order valence-corrected chi connectivity index (χ3v) is 4.11. The lowest BCUT2D eigenvalue weighted by atomic mass is 9.91. The van der Waals surface area contributed by atoms with Gasteiger partial charge in [-0.3, -0.25) is 0 Å². The maximum Gasteiger partial charge on any atom is 0.0721 e. The first-order valence-electron chi connectivity index (χ1n) is 6.92. The largest absolute Gasteiger partial charge is 0.393 e. The van der Waals surface area contributed by atoms with Crippen molar-refractivity contribution >= 4 is 0 Å². The predicted molar refractivity (Wildman–Crippen MR) is 70.2 cm³/mol. The summed E-state index contributed by atoms with van der Waals surface area (Å²) in [5.41, 5.74) is 2.69. The van der Waals surface area contributed by atoms with Crippen LogP contribution in [0, 0.1) is 0 Å². The average Bonchev–Trinajstić information content (AvgIpc) is 2.42. The van der Waals surface area contributed by atoms with Crippen LogP contribution in [0.25, 0.3) is 0 Å². The van der Waals surface area contributed by atoms with E-state index in [-0.39, 0.29) is 6.10 Å². The van der Waals surface area contributed by atoms with E-state index in [1.54, 1.807) is 0 Å². The van der Waals surface area contributed by atoms with Gasteiger partial charge in [-0.2, -0.15) is 0 Å². The molecule has 2 aliphatic rings. The van der Waals surface area contributed by atoms with Gasteiger partial charge in [-0.1, -0.05) is 24.3 Å². The molecule has 0 saturated heterocycles. The maximum atomic E-state index is 9.54. The molecule has 1 heterocycles. The first-order valence-corrected chi connectivity index (χ1v) is 6.92. The fourth-order valence-corrected chi connectivity index (χ4v) is 3.05. The molecule has 0 bridgehead atoms. The number of hydrogen-bond acceptors (Lipinski definition) is 3. The molecule has 98 valence electrons. The molecule has 0 amide bonds. The second-order valence-corrected chi connectivity index (χ2v) is 5.44. The van der Waals surface area contributed by atoms with Crippen molar-refractivity contribution < 1.29 is 9.84 Å². The van der Waals surface area contributed by atoms with Gasteiger partial charge in [0, 0.05) is 6.04 Å². The standard InChI is InChI=1S/C15H21NO2/c17-13-7-5-12(6-8-13)16-15-10-18-9-11-3-1-2-4-14(11)15/h1-4,12-13,15-17H,5-10H2. The van der Waals surface area contributed by atoms with Crippen molar-refractivity contribution in [1.29, 1.82) is 0 Å². The number of ether oxygens (including phenoxy) is 1. The molecule has 18 heavy (non-hydrogen) atoms. The van der Waals surface area contributed by atoms with Gasteiger partial charge in [0.15, 0.2) is 0 Å². The lowest BCUT2D eigenvalue weighted by Crippen LogP contribution is -2.40. The Morgan fingerprint density at radius 3 is 2.72 bits per heavy atom. The van der Waals surface area contributed by atoms with Gasteiger partial charge in [0.2, 0.25) is 0 Å². The maximum absolute atomic E-state index is 9.54. The summed E-state index contributed by atoms with van der Waals surface area (Å²) >= 11 is 0. The van der Waals surface area contributed by atoms with Gasteiger partial charge in [0.25, 0.3) is 0 Å². The normalized spacial score (nSPS) is 31.9. The monoisotopic (exact) mass is 247 g/mol. The smallest absolute Gasteiger partial charge is 0.0721 e. The molecule has 0 radical (unpaired) electrons. The first kappa shape index (κ1) is 12.2. The lowest BCUT2D eigenvalue weighted by Gasteiger charge is -2.33. The molecule has 0 spiro atoms. The topological polar surface area (TPSA) is 41.5 Å². The van der Waals surface area contributed by atoms with Gasteiger partial charge in [0.1, 0.15) is 0 Å². The molecule has 1 aliphatic heterocycles. The molecular weight excluding hydrogens is 226 g/mol. The van der Waals surface area contributed by atoms with E-state index in [0.29, 0.717) is 12.1 Å². The van der Waals surface area contributed by atoms with Crippen LogP contribution in [0.2, 0.25) is 0 Å². The van der Waals surface area contributed by atoms with Crippen LogP contribution < -0.4 is 5.32 Å². The molecule has 1 unspecified atom stereocenters. The summed E-state index contributed by atoms with van der Waals surface area (Å²) in [5.74, 6) is 0. The van der Waals surface area contributed by atoms with E-state index >= 15 is 0 Å². The molecule has 2 N–H and O–H groups in total. The van der Waals surface area contributed by atoms with Crippen molar-refractivity contribution in [3.63, 3.8) is 0 Å². The Labute approximate surface area is 108 Å². The van der Waals surface area contributed by atoms with Crippen LogP contribution in [-0.4, -0.2) is 23.9 Å². The quantitative estimate of drug-likeness (QED) is 0.841. The van der Waals surface area contributed by atoms with Gasteiger partial charge in [0.05, 0.1) is 25.4 Å². The molecule has 1 aromatic carbocycles. The molecular formula is C15H21NO2. The summed E-state index contributed by atoms with van der Waals surface area (Å²) in [5, 5.41) is 13.2. The van der Waals surface area contributed by atoms with E-state index in [0.717, 1.165) is 38.9 Å². The average molecular weight is 247 g/mol. The summed E-state index contributed by atoms with van der Waals surface area (Å²) < 4.78 is 5.66. The summed E-state index contributed by atoms with van der Waals surface area (Å²) in [4.78, 5) is 0. The van der Waals surface area contributed by atoms with Crippen molar-refractivity contribution in [3.8, 4) is 0 Å². The van der Waals surface area contributed by atoms with Crippen LogP contribution in [0.4, 0.5) is 0 Å². The predicted octanol–water partition coefficient (Wildman–Crippen LogP) is 2.15. The Kier molecular flexibility index (Phi) is 3.64. The first-order chi connectivity index (χ1) is 8.83. The SMILES string of the molecule is OC1CCC(NC2COCc3ccccc32)CC1. The minimum atomic E-state index is -0.0852. The molecule has 3 rings (SSSR count). The van der Waals surface area contributed by atoms with E-state index < -0.39 is 0 Å². The molecule has 1 aromatic rings. The Bertz CT molecular complexity index is 399. The highest BCUT2D eigenvalue weighted by molar-refractivity contribution is 5.31. The number of fused-ring (bicyclic) bond motifs is 1. The zero-order valence-corrected chi connectivity index (χ0v) is 10.6. The Balaban J connectivity index is 1.67. The van der Waals surface area contributed by atoms with Crippen LogP contribution in [0.3, 0.4) is 0 Å². The molecule has 3 heteroatoms. The fraction of sp³-hybridized carbons (Fsp3) is 0.600. The number of rotatable bonds is 2. The summed E-state index contributed by atoms with van der Waals surface area (Å²) in [7, 11) is 0. The van der Waals surface area contributed by atoms with E-state index in [4.69, 9.17) is 4.74 Å². The van der Waals surface area contributed by atoms with E-state index in [1.165, 1.54) is 11.1 Å². The minimum absolute atomic E-state index is 0.0852. The third-order valence-electron chi connectivity index (χ3n) is 4.11. The van der Waals surface area contributed by atoms with Gasteiger partial charge < -0.3 is 15.2 Å². The second-order valence-electron chi connectivity index (χ2n) is 5.44. The Hall–Kier alpha value is -0.900. The molecule has 1 aliphatic carbocycles. The zero-order chi connectivity index (χ0) is 12.4. The molecule has 1 atom stereocenters. The third kappa shape index (κ3) is 2.58. The van der Waals surface area contributed by atoms with E-state index in [1.807, 2.05) is 0 Å². The Morgan fingerprint density at radius 2 is 1.89 bits per heavy atom. The number of aliphatic hydroxyl groups excluding tert-OH is 1.